The summed E-state index contributed by atoms with van der Waals surface area (Å²) in [6.07, 6.45) is 0.201. The SMILES string of the molecule is CCC(=O)Nc1cc(S(=O)(=O)Nc2cc(OC)c(OC)cc2C(=O)OC)ccc1OC. The Hall–Kier alpha value is -3.47. The Labute approximate surface area is 180 Å². The number of benzene rings is 2. The average Bonchev–Trinajstić information content (AvgIpc) is 2.77. The minimum Gasteiger partial charge on any atom is -0.495 e. The van der Waals surface area contributed by atoms with Gasteiger partial charge in [-0.05, 0) is 18.2 Å². The Bertz CT molecular complexity index is 1080. The second-order valence-electron chi connectivity index (χ2n) is 6.11. The quantitative estimate of drug-likeness (QED) is 0.556. The molecule has 31 heavy (non-hydrogen) atoms. The predicted molar refractivity (Wildman–Crippen MR) is 114 cm³/mol. The van der Waals surface area contributed by atoms with Gasteiger partial charge in [-0.15, -0.1) is 0 Å². The molecule has 0 spiro atoms. The zero-order valence-electron chi connectivity index (χ0n) is 17.8. The highest BCUT2D eigenvalue weighted by Crippen LogP contribution is 2.35. The summed E-state index contributed by atoms with van der Waals surface area (Å²) >= 11 is 0. The van der Waals surface area contributed by atoms with Crippen molar-refractivity contribution < 1.29 is 37.0 Å². The average molecular weight is 452 g/mol. The smallest absolute Gasteiger partial charge is 0.340 e. The van der Waals surface area contributed by atoms with Gasteiger partial charge >= 0.3 is 5.97 Å². The molecule has 2 aromatic rings. The molecule has 168 valence electrons. The van der Waals surface area contributed by atoms with E-state index >= 15 is 0 Å². The van der Waals surface area contributed by atoms with Crippen LogP contribution in [0.2, 0.25) is 0 Å². The molecule has 0 bridgehead atoms. The van der Waals surface area contributed by atoms with E-state index in [1.807, 2.05) is 0 Å². The highest BCUT2D eigenvalue weighted by molar-refractivity contribution is 7.92. The Morgan fingerprint density at radius 1 is 0.871 bits per heavy atom. The van der Waals surface area contributed by atoms with Crippen LogP contribution in [0.1, 0.15) is 23.7 Å². The molecule has 0 aliphatic rings. The van der Waals surface area contributed by atoms with E-state index in [1.54, 1.807) is 6.92 Å². The van der Waals surface area contributed by atoms with Gasteiger partial charge in [0.15, 0.2) is 11.5 Å². The van der Waals surface area contributed by atoms with Gasteiger partial charge in [-0.25, -0.2) is 13.2 Å². The first-order valence-corrected chi connectivity index (χ1v) is 10.5. The van der Waals surface area contributed by atoms with Gasteiger partial charge in [-0.3, -0.25) is 9.52 Å². The van der Waals surface area contributed by atoms with Crippen LogP contribution in [-0.4, -0.2) is 48.7 Å². The molecule has 2 rings (SSSR count). The zero-order valence-corrected chi connectivity index (χ0v) is 18.6. The molecule has 0 saturated carbocycles. The van der Waals surface area contributed by atoms with E-state index in [2.05, 4.69) is 10.0 Å². The molecule has 0 aromatic heterocycles. The van der Waals surface area contributed by atoms with Crippen LogP contribution in [0.15, 0.2) is 35.2 Å². The van der Waals surface area contributed by atoms with Crippen LogP contribution in [0.4, 0.5) is 11.4 Å². The molecule has 0 aliphatic carbocycles. The molecule has 0 aliphatic heterocycles. The van der Waals surface area contributed by atoms with Gasteiger partial charge in [0.25, 0.3) is 10.0 Å². The largest absolute Gasteiger partial charge is 0.495 e. The number of anilines is 2. The topological polar surface area (TPSA) is 129 Å². The van der Waals surface area contributed by atoms with Crippen molar-refractivity contribution in [3.05, 3.63) is 35.9 Å². The van der Waals surface area contributed by atoms with Gasteiger partial charge < -0.3 is 24.3 Å². The zero-order chi connectivity index (χ0) is 23.2. The van der Waals surface area contributed by atoms with Crippen molar-refractivity contribution in [1.82, 2.24) is 0 Å². The van der Waals surface area contributed by atoms with Gasteiger partial charge in [0.1, 0.15) is 5.75 Å². The maximum atomic E-state index is 13.0. The van der Waals surface area contributed by atoms with Crippen LogP contribution >= 0.6 is 0 Å². The summed E-state index contributed by atoms with van der Waals surface area (Å²) in [5.74, 6) is -0.363. The number of methoxy groups -OCH3 is 4. The molecule has 0 unspecified atom stereocenters. The van der Waals surface area contributed by atoms with E-state index in [4.69, 9.17) is 18.9 Å². The van der Waals surface area contributed by atoms with Crippen LogP contribution in [0.5, 0.6) is 17.2 Å². The summed E-state index contributed by atoms with van der Waals surface area (Å²) in [7, 11) is 1.15. The first-order chi connectivity index (χ1) is 14.7. The van der Waals surface area contributed by atoms with Crippen molar-refractivity contribution in [2.45, 2.75) is 18.2 Å². The molecule has 2 N–H and O–H groups in total. The van der Waals surface area contributed by atoms with Crippen LogP contribution in [0.25, 0.3) is 0 Å². The Morgan fingerprint density at radius 3 is 2.03 bits per heavy atom. The lowest BCUT2D eigenvalue weighted by atomic mass is 10.1. The number of hydrogen-bond acceptors (Lipinski definition) is 8. The summed E-state index contributed by atoms with van der Waals surface area (Å²) in [6.45, 7) is 1.66. The summed E-state index contributed by atoms with van der Waals surface area (Å²) in [6, 6.07) is 6.60. The number of ether oxygens (including phenoxy) is 4. The molecule has 0 radical (unpaired) electrons. The molecule has 11 heteroatoms. The monoisotopic (exact) mass is 452 g/mol. The third-order valence-corrected chi connectivity index (χ3v) is 5.61. The fourth-order valence-corrected chi connectivity index (χ4v) is 3.73. The highest BCUT2D eigenvalue weighted by atomic mass is 32.2. The highest BCUT2D eigenvalue weighted by Gasteiger charge is 2.23. The molecule has 0 heterocycles. The number of carbonyl (C=O) groups is 2. The van der Waals surface area contributed by atoms with Crippen LogP contribution < -0.4 is 24.2 Å². The van der Waals surface area contributed by atoms with Crippen molar-refractivity contribution in [2.24, 2.45) is 0 Å². The number of rotatable bonds is 9. The first kappa shape index (κ1) is 23.8. The summed E-state index contributed by atoms with van der Waals surface area (Å²) in [5, 5.41) is 2.59. The molecule has 1 amide bonds. The van der Waals surface area contributed by atoms with Crippen molar-refractivity contribution in [3.8, 4) is 17.2 Å². The molecule has 10 nitrogen and oxygen atoms in total. The van der Waals surface area contributed by atoms with Crippen molar-refractivity contribution in [1.29, 1.82) is 0 Å². The fraction of sp³-hybridized carbons (Fsp3) is 0.300. The lowest BCUT2D eigenvalue weighted by Gasteiger charge is -2.16. The Balaban J connectivity index is 2.54. The van der Waals surface area contributed by atoms with E-state index in [0.29, 0.717) is 5.75 Å². The Morgan fingerprint density at radius 2 is 1.48 bits per heavy atom. The molecule has 0 saturated heterocycles. The number of amides is 1. The fourth-order valence-electron chi connectivity index (χ4n) is 2.64. The maximum Gasteiger partial charge on any atom is 0.340 e. The van der Waals surface area contributed by atoms with Gasteiger partial charge in [-0.2, -0.15) is 0 Å². The van der Waals surface area contributed by atoms with E-state index in [1.165, 1.54) is 58.8 Å². The van der Waals surface area contributed by atoms with Crippen LogP contribution in [0, 0.1) is 0 Å². The first-order valence-electron chi connectivity index (χ1n) is 9.05. The minimum atomic E-state index is -4.17. The number of esters is 1. The third-order valence-electron chi connectivity index (χ3n) is 4.25. The second-order valence-corrected chi connectivity index (χ2v) is 7.80. The number of hydrogen-bond donors (Lipinski definition) is 2. The van der Waals surface area contributed by atoms with E-state index in [9.17, 15) is 18.0 Å². The van der Waals surface area contributed by atoms with Crippen molar-refractivity contribution in [2.75, 3.05) is 38.5 Å². The van der Waals surface area contributed by atoms with E-state index in [0.717, 1.165) is 0 Å². The number of nitrogens with one attached hydrogen (secondary N) is 2. The second kappa shape index (κ2) is 10.0. The van der Waals surface area contributed by atoms with E-state index in [-0.39, 0.29) is 45.7 Å². The number of sulfonamides is 1. The van der Waals surface area contributed by atoms with Gasteiger partial charge in [0.05, 0.1) is 50.3 Å². The lowest BCUT2D eigenvalue weighted by molar-refractivity contribution is -0.115. The standard InChI is InChI=1S/C20H24N2O8S/c1-6-19(23)21-15-9-12(7-8-16(15)27-2)31(25,26)22-14-11-18(29-4)17(28-3)10-13(14)20(24)30-5/h7-11,22H,6H2,1-5H3,(H,21,23). The summed E-state index contributed by atoms with van der Waals surface area (Å²) in [4.78, 5) is 23.8. The Kier molecular flexibility index (Phi) is 7.70. The van der Waals surface area contributed by atoms with Crippen LogP contribution in [0.3, 0.4) is 0 Å². The van der Waals surface area contributed by atoms with Crippen molar-refractivity contribution >= 4 is 33.3 Å². The van der Waals surface area contributed by atoms with Crippen LogP contribution in [-0.2, 0) is 19.6 Å². The summed E-state index contributed by atoms with van der Waals surface area (Å²) < 4.78 is 48.7. The van der Waals surface area contributed by atoms with E-state index < -0.39 is 16.0 Å². The van der Waals surface area contributed by atoms with Crippen molar-refractivity contribution in [3.63, 3.8) is 0 Å². The predicted octanol–water partition coefficient (Wildman–Crippen LogP) is 2.65. The molecule has 0 fully saturated rings. The minimum absolute atomic E-state index is 0.0699. The third kappa shape index (κ3) is 5.37. The molecular weight excluding hydrogens is 428 g/mol. The van der Waals surface area contributed by atoms with Gasteiger partial charge in [0.2, 0.25) is 5.91 Å². The normalized spacial score (nSPS) is 10.7. The van der Waals surface area contributed by atoms with Gasteiger partial charge in [-0.1, -0.05) is 6.92 Å². The number of carbonyl (C=O) groups excluding carboxylic acids is 2. The maximum absolute atomic E-state index is 13.0. The van der Waals surface area contributed by atoms with Gasteiger partial charge in [0, 0.05) is 18.6 Å². The molecule has 2 aromatic carbocycles. The molecule has 0 atom stereocenters. The summed E-state index contributed by atoms with van der Waals surface area (Å²) in [5.41, 5.74) is 0.0499. The lowest BCUT2D eigenvalue weighted by Crippen LogP contribution is -2.17. The molecular formula is C20H24N2O8S.